The summed E-state index contributed by atoms with van der Waals surface area (Å²) in [6.45, 7) is 2.86. The van der Waals surface area contributed by atoms with Crippen molar-refractivity contribution < 1.29 is 8.42 Å². The van der Waals surface area contributed by atoms with E-state index in [1.807, 2.05) is 13.0 Å². The molecule has 1 saturated heterocycles. The van der Waals surface area contributed by atoms with Gasteiger partial charge in [-0.15, -0.1) is 0 Å². The molecule has 0 aromatic carbocycles. The molecule has 0 amide bonds. The van der Waals surface area contributed by atoms with E-state index in [4.69, 9.17) is 0 Å². The van der Waals surface area contributed by atoms with Crippen molar-refractivity contribution in [2.45, 2.75) is 19.3 Å². The second-order valence-corrected chi connectivity index (χ2v) is 7.25. The molecule has 0 spiro atoms. The lowest BCUT2D eigenvalue weighted by atomic mass is 10.0. The fourth-order valence-electron chi connectivity index (χ4n) is 2.60. The van der Waals surface area contributed by atoms with Crippen LogP contribution in [-0.2, 0) is 10.0 Å². The number of nitrogens with zero attached hydrogens (tertiary/aromatic N) is 4. The Morgan fingerprint density at radius 3 is 2.81 bits per heavy atom. The SMILES string of the molecule is Cc1nc(-c2ncc[nH]2)cc(C2CCN(S(C)(=O)=O)C2)n1. The molecule has 8 heteroatoms. The molecule has 3 heterocycles. The highest BCUT2D eigenvalue weighted by Gasteiger charge is 2.30. The topological polar surface area (TPSA) is 91.8 Å². The number of aromatic nitrogens is 4. The van der Waals surface area contributed by atoms with Gasteiger partial charge in [0.05, 0.1) is 6.26 Å². The molecule has 1 atom stereocenters. The molecule has 21 heavy (non-hydrogen) atoms. The van der Waals surface area contributed by atoms with Crippen molar-refractivity contribution in [2.75, 3.05) is 19.3 Å². The van der Waals surface area contributed by atoms with Gasteiger partial charge in [-0.1, -0.05) is 0 Å². The van der Waals surface area contributed by atoms with Crippen LogP contribution in [0.25, 0.3) is 11.5 Å². The largest absolute Gasteiger partial charge is 0.343 e. The van der Waals surface area contributed by atoms with Crippen LogP contribution in [0.15, 0.2) is 18.5 Å². The number of H-pyrrole nitrogens is 1. The Balaban J connectivity index is 1.90. The molecule has 1 fully saturated rings. The van der Waals surface area contributed by atoms with Crippen LogP contribution in [-0.4, -0.2) is 52.0 Å². The monoisotopic (exact) mass is 307 g/mol. The van der Waals surface area contributed by atoms with Gasteiger partial charge in [0.1, 0.15) is 11.5 Å². The van der Waals surface area contributed by atoms with Crippen molar-refractivity contribution in [2.24, 2.45) is 0 Å². The van der Waals surface area contributed by atoms with Crippen LogP contribution in [0.3, 0.4) is 0 Å². The predicted molar refractivity (Wildman–Crippen MR) is 78.1 cm³/mol. The lowest BCUT2D eigenvalue weighted by Crippen LogP contribution is -2.27. The van der Waals surface area contributed by atoms with E-state index in [2.05, 4.69) is 19.9 Å². The summed E-state index contributed by atoms with van der Waals surface area (Å²) in [5.41, 5.74) is 1.61. The summed E-state index contributed by atoms with van der Waals surface area (Å²) in [5, 5.41) is 0. The zero-order chi connectivity index (χ0) is 15.0. The highest BCUT2D eigenvalue weighted by Crippen LogP contribution is 2.28. The van der Waals surface area contributed by atoms with E-state index in [-0.39, 0.29) is 5.92 Å². The maximum atomic E-state index is 11.6. The standard InChI is InChI=1S/C13H17N5O2S/c1-9-16-11(7-12(17-9)13-14-4-5-15-13)10-3-6-18(8-10)21(2,19)20/h4-5,7,10H,3,6,8H2,1-2H3,(H,14,15). The summed E-state index contributed by atoms with van der Waals surface area (Å²) in [6.07, 6.45) is 5.44. The van der Waals surface area contributed by atoms with Crippen LogP contribution >= 0.6 is 0 Å². The van der Waals surface area contributed by atoms with Crippen molar-refractivity contribution in [3.63, 3.8) is 0 Å². The normalized spacial score (nSPS) is 20.0. The molecule has 1 aliphatic heterocycles. The smallest absolute Gasteiger partial charge is 0.211 e. The molecule has 112 valence electrons. The maximum Gasteiger partial charge on any atom is 0.211 e. The van der Waals surface area contributed by atoms with Crippen molar-refractivity contribution in [3.05, 3.63) is 30.0 Å². The minimum absolute atomic E-state index is 0.107. The average molecular weight is 307 g/mol. The Hall–Kier alpha value is -1.80. The number of hydrogen-bond donors (Lipinski definition) is 1. The summed E-state index contributed by atoms with van der Waals surface area (Å²) in [4.78, 5) is 16.1. The van der Waals surface area contributed by atoms with Crippen LogP contribution in [0, 0.1) is 6.92 Å². The van der Waals surface area contributed by atoms with Crippen LogP contribution in [0.1, 0.15) is 23.9 Å². The number of aryl methyl sites for hydroxylation is 1. The molecule has 2 aromatic rings. The second kappa shape index (κ2) is 5.19. The fraction of sp³-hybridized carbons (Fsp3) is 0.462. The number of imidazole rings is 1. The summed E-state index contributed by atoms with van der Waals surface area (Å²) < 4.78 is 24.7. The van der Waals surface area contributed by atoms with Crippen LogP contribution in [0.5, 0.6) is 0 Å². The van der Waals surface area contributed by atoms with Gasteiger partial charge in [-0.25, -0.2) is 27.7 Å². The molecule has 0 saturated carbocycles. The molecular weight excluding hydrogens is 290 g/mol. The molecule has 7 nitrogen and oxygen atoms in total. The molecule has 3 rings (SSSR count). The molecule has 1 N–H and O–H groups in total. The van der Waals surface area contributed by atoms with E-state index in [0.717, 1.165) is 17.8 Å². The van der Waals surface area contributed by atoms with Gasteiger partial charge >= 0.3 is 0 Å². The van der Waals surface area contributed by atoms with Crippen LogP contribution in [0.2, 0.25) is 0 Å². The minimum atomic E-state index is -3.14. The van der Waals surface area contributed by atoms with Gasteiger partial charge in [-0.05, 0) is 19.4 Å². The second-order valence-electron chi connectivity index (χ2n) is 5.27. The number of rotatable bonds is 3. The van der Waals surface area contributed by atoms with Crippen molar-refractivity contribution >= 4 is 10.0 Å². The first-order chi connectivity index (χ1) is 9.93. The Morgan fingerprint density at radius 1 is 1.38 bits per heavy atom. The van der Waals surface area contributed by atoms with Crippen LogP contribution < -0.4 is 0 Å². The summed E-state index contributed by atoms with van der Waals surface area (Å²) >= 11 is 0. The van der Waals surface area contributed by atoms with E-state index in [1.165, 1.54) is 10.6 Å². The number of hydrogen-bond acceptors (Lipinski definition) is 5. The summed E-state index contributed by atoms with van der Waals surface area (Å²) in [7, 11) is -3.14. The van der Waals surface area contributed by atoms with E-state index in [9.17, 15) is 8.42 Å². The maximum absolute atomic E-state index is 11.6. The Morgan fingerprint density at radius 2 is 2.19 bits per heavy atom. The minimum Gasteiger partial charge on any atom is -0.343 e. The van der Waals surface area contributed by atoms with Crippen molar-refractivity contribution in [1.82, 2.24) is 24.2 Å². The number of sulfonamides is 1. The molecule has 2 aromatic heterocycles. The van der Waals surface area contributed by atoms with Gasteiger partial charge in [-0.3, -0.25) is 0 Å². The third kappa shape index (κ3) is 2.96. The number of aromatic amines is 1. The molecular formula is C13H17N5O2S. The molecule has 0 aliphatic carbocycles. The third-order valence-corrected chi connectivity index (χ3v) is 4.91. The highest BCUT2D eigenvalue weighted by atomic mass is 32.2. The van der Waals surface area contributed by atoms with E-state index in [1.54, 1.807) is 12.4 Å². The van der Waals surface area contributed by atoms with E-state index < -0.39 is 10.0 Å². The Labute approximate surface area is 123 Å². The van der Waals surface area contributed by atoms with Gasteiger partial charge < -0.3 is 4.98 Å². The lowest BCUT2D eigenvalue weighted by Gasteiger charge is -2.13. The first-order valence-electron chi connectivity index (χ1n) is 6.74. The van der Waals surface area contributed by atoms with Gasteiger partial charge in [0.25, 0.3) is 0 Å². The lowest BCUT2D eigenvalue weighted by molar-refractivity contribution is 0.477. The van der Waals surface area contributed by atoms with Gasteiger partial charge in [0.15, 0.2) is 5.82 Å². The summed E-state index contributed by atoms with van der Waals surface area (Å²) in [5.74, 6) is 1.46. The first kappa shape index (κ1) is 14.2. The van der Waals surface area contributed by atoms with Gasteiger partial charge in [0.2, 0.25) is 10.0 Å². The summed E-state index contributed by atoms with van der Waals surface area (Å²) in [6, 6.07) is 1.89. The quantitative estimate of drug-likeness (QED) is 0.910. The number of nitrogens with one attached hydrogen (secondary N) is 1. The molecule has 1 aliphatic rings. The van der Waals surface area contributed by atoms with Gasteiger partial charge in [0, 0.05) is 37.1 Å². The zero-order valence-electron chi connectivity index (χ0n) is 11.9. The van der Waals surface area contributed by atoms with E-state index >= 15 is 0 Å². The highest BCUT2D eigenvalue weighted by molar-refractivity contribution is 7.88. The first-order valence-corrected chi connectivity index (χ1v) is 8.59. The molecule has 1 unspecified atom stereocenters. The molecule has 0 radical (unpaired) electrons. The average Bonchev–Trinajstić information content (AvgIpc) is 3.09. The third-order valence-electron chi connectivity index (χ3n) is 3.64. The zero-order valence-corrected chi connectivity index (χ0v) is 12.8. The van der Waals surface area contributed by atoms with Crippen molar-refractivity contribution in [3.8, 4) is 11.5 Å². The fourth-order valence-corrected chi connectivity index (χ4v) is 3.49. The Bertz CT molecular complexity index is 742. The molecule has 0 bridgehead atoms. The predicted octanol–water partition coefficient (Wildman–Crippen LogP) is 0.924. The van der Waals surface area contributed by atoms with Crippen molar-refractivity contribution in [1.29, 1.82) is 0 Å². The van der Waals surface area contributed by atoms with E-state index in [0.29, 0.717) is 24.7 Å². The Kier molecular flexibility index (Phi) is 3.50. The van der Waals surface area contributed by atoms with Gasteiger partial charge in [-0.2, -0.15) is 0 Å². The van der Waals surface area contributed by atoms with Crippen LogP contribution in [0.4, 0.5) is 0 Å².